The second-order valence-corrected chi connectivity index (χ2v) is 9.15. The average molecular weight is 497 g/mol. The van der Waals surface area contributed by atoms with Crippen LogP contribution >= 0.6 is 0 Å². The number of carbonyl (C=O) groups excluding carboxylic acids is 1. The number of esters is 1. The molecule has 1 unspecified atom stereocenters. The summed E-state index contributed by atoms with van der Waals surface area (Å²) in [6.45, 7) is 3.95. The third-order valence-corrected chi connectivity index (χ3v) is 6.44. The van der Waals surface area contributed by atoms with E-state index in [1.807, 2.05) is 62.4 Å². The zero-order valence-electron chi connectivity index (χ0n) is 21.1. The van der Waals surface area contributed by atoms with Crippen LogP contribution in [0.1, 0.15) is 53.2 Å². The molecule has 1 atom stereocenters. The normalized spacial score (nSPS) is 12.0. The molecule has 37 heavy (non-hydrogen) atoms. The van der Waals surface area contributed by atoms with Crippen molar-refractivity contribution in [3.8, 4) is 16.9 Å². The maximum absolute atomic E-state index is 14.9. The first-order chi connectivity index (χ1) is 17.9. The fourth-order valence-corrected chi connectivity index (χ4v) is 4.28. The van der Waals surface area contributed by atoms with Gasteiger partial charge in [-0.15, -0.1) is 0 Å². The highest BCUT2D eigenvalue weighted by atomic mass is 19.1. The summed E-state index contributed by atoms with van der Waals surface area (Å²) in [5.41, 5.74) is 3.67. The molecule has 0 bridgehead atoms. The summed E-state index contributed by atoms with van der Waals surface area (Å²) in [5.74, 6) is -1.19. The number of halogens is 2. The molecule has 0 saturated carbocycles. The Hall–Kier alpha value is -4.05. The van der Waals surface area contributed by atoms with Crippen molar-refractivity contribution in [2.45, 2.75) is 39.0 Å². The molecule has 4 aromatic rings. The number of allylic oxidation sites excluding steroid dienone is 2. The Balaban J connectivity index is 1.42. The Morgan fingerprint density at radius 3 is 2.14 bits per heavy atom. The fraction of sp³-hybridized carbons (Fsp3) is 0.182. The molecule has 0 radical (unpaired) electrons. The molecular weight excluding hydrogens is 466 g/mol. The van der Waals surface area contributed by atoms with E-state index in [9.17, 15) is 13.6 Å². The van der Waals surface area contributed by atoms with Crippen molar-refractivity contribution < 1.29 is 18.3 Å². The van der Waals surface area contributed by atoms with Gasteiger partial charge in [-0.05, 0) is 90.8 Å². The number of benzene rings is 4. The number of aryl methyl sites for hydroxylation is 1. The molecule has 0 aliphatic carbocycles. The van der Waals surface area contributed by atoms with E-state index in [0.717, 1.165) is 18.4 Å². The second kappa shape index (κ2) is 12.3. The largest absolute Gasteiger partial charge is 0.423 e. The van der Waals surface area contributed by atoms with Gasteiger partial charge in [0.05, 0.1) is 5.56 Å². The molecule has 0 fully saturated rings. The monoisotopic (exact) mass is 496 g/mol. The molecule has 4 rings (SSSR count). The molecule has 188 valence electrons. The quantitative estimate of drug-likeness (QED) is 0.132. The lowest BCUT2D eigenvalue weighted by molar-refractivity contribution is 0.0734. The van der Waals surface area contributed by atoms with Crippen molar-refractivity contribution in [2.24, 2.45) is 0 Å². The summed E-state index contributed by atoms with van der Waals surface area (Å²) in [5, 5.41) is 0. The van der Waals surface area contributed by atoms with E-state index >= 15 is 0 Å². The summed E-state index contributed by atoms with van der Waals surface area (Å²) in [7, 11) is 0. The van der Waals surface area contributed by atoms with E-state index < -0.39 is 17.6 Å². The minimum absolute atomic E-state index is 0.0178. The molecule has 4 heteroatoms. The Morgan fingerprint density at radius 2 is 1.51 bits per heavy atom. The maximum Gasteiger partial charge on any atom is 0.343 e. The van der Waals surface area contributed by atoms with E-state index in [2.05, 4.69) is 6.08 Å². The van der Waals surface area contributed by atoms with Gasteiger partial charge in [-0.1, -0.05) is 73.7 Å². The minimum Gasteiger partial charge on any atom is -0.423 e. The van der Waals surface area contributed by atoms with Crippen LogP contribution in [0.15, 0.2) is 103 Å². The van der Waals surface area contributed by atoms with Crippen molar-refractivity contribution in [3.05, 3.63) is 137 Å². The molecule has 0 spiro atoms. The van der Waals surface area contributed by atoms with Crippen LogP contribution in [0.5, 0.6) is 5.75 Å². The van der Waals surface area contributed by atoms with Crippen molar-refractivity contribution in [3.63, 3.8) is 0 Å². The van der Waals surface area contributed by atoms with E-state index in [-0.39, 0.29) is 17.9 Å². The topological polar surface area (TPSA) is 26.3 Å². The lowest BCUT2D eigenvalue weighted by Gasteiger charge is -2.14. The van der Waals surface area contributed by atoms with Crippen LogP contribution in [-0.2, 0) is 12.8 Å². The predicted octanol–water partition coefficient (Wildman–Crippen LogP) is 8.71. The van der Waals surface area contributed by atoms with Crippen molar-refractivity contribution >= 4 is 5.97 Å². The molecule has 2 nitrogen and oxygen atoms in total. The Kier molecular flexibility index (Phi) is 8.63. The van der Waals surface area contributed by atoms with Crippen LogP contribution < -0.4 is 4.74 Å². The van der Waals surface area contributed by atoms with Crippen LogP contribution in [0.25, 0.3) is 11.1 Å². The van der Waals surface area contributed by atoms with Gasteiger partial charge in [-0.25, -0.2) is 13.6 Å². The molecule has 4 aromatic carbocycles. The molecule has 0 aliphatic rings. The Bertz CT molecular complexity index is 1340. The van der Waals surface area contributed by atoms with Crippen molar-refractivity contribution in [1.82, 2.24) is 0 Å². The van der Waals surface area contributed by atoms with E-state index in [0.29, 0.717) is 22.4 Å². The molecule has 0 N–H and O–H groups in total. The highest BCUT2D eigenvalue weighted by Crippen LogP contribution is 2.29. The van der Waals surface area contributed by atoms with Gasteiger partial charge in [0.2, 0.25) is 0 Å². The summed E-state index contributed by atoms with van der Waals surface area (Å²) >= 11 is 0. The zero-order chi connectivity index (χ0) is 26.2. The van der Waals surface area contributed by atoms with Crippen LogP contribution in [0.3, 0.4) is 0 Å². The zero-order valence-corrected chi connectivity index (χ0v) is 21.1. The summed E-state index contributed by atoms with van der Waals surface area (Å²) in [6.07, 6.45) is 6.29. The number of hydrogen-bond donors (Lipinski definition) is 0. The summed E-state index contributed by atoms with van der Waals surface area (Å²) < 4.78 is 35.3. The van der Waals surface area contributed by atoms with Crippen LogP contribution in [0.2, 0.25) is 0 Å². The summed E-state index contributed by atoms with van der Waals surface area (Å²) in [6, 6.07) is 26.4. The average Bonchev–Trinajstić information content (AvgIpc) is 2.92. The predicted molar refractivity (Wildman–Crippen MR) is 145 cm³/mol. The van der Waals surface area contributed by atoms with Gasteiger partial charge in [-0.3, -0.25) is 0 Å². The van der Waals surface area contributed by atoms with Crippen LogP contribution in [0.4, 0.5) is 8.78 Å². The summed E-state index contributed by atoms with van der Waals surface area (Å²) in [4.78, 5) is 12.6. The first-order valence-corrected chi connectivity index (χ1v) is 12.5. The lowest BCUT2D eigenvalue weighted by atomic mass is 9.92. The Morgan fingerprint density at radius 1 is 0.865 bits per heavy atom. The van der Waals surface area contributed by atoms with Gasteiger partial charge in [0, 0.05) is 5.56 Å². The van der Waals surface area contributed by atoms with Gasteiger partial charge in [0.15, 0.2) is 0 Å². The van der Waals surface area contributed by atoms with Crippen LogP contribution in [-0.4, -0.2) is 5.97 Å². The van der Waals surface area contributed by atoms with Crippen LogP contribution in [0, 0.1) is 11.6 Å². The Labute approximate surface area is 217 Å². The molecule has 0 amide bonds. The van der Waals surface area contributed by atoms with Gasteiger partial charge >= 0.3 is 5.97 Å². The van der Waals surface area contributed by atoms with E-state index in [1.54, 1.807) is 36.4 Å². The van der Waals surface area contributed by atoms with Gasteiger partial charge in [0.1, 0.15) is 17.4 Å². The SMILES string of the molecule is C/C=C/CCc1ccc(OC(=O)c2ccc(-c3cc(F)c(CC(C)c4ccccc4)c(F)c3)cc2)cc1. The molecular formula is C33H30F2O2. The molecule has 0 aliphatic heterocycles. The number of rotatable bonds is 9. The third-order valence-electron chi connectivity index (χ3n) is 6.44. The van der Waals surface area contributed by atoms with Gasteiger partial charge in [-0.2, -0.15) is 0 Å². The van der Waals surface area contributed by atoms with Crippen molar-refractivity contribution in [2.75, 3.05) is 0 Å². The van der Waals surface area contributed by atoms with Gasteiger partial charge in [0.25, 0.3) is 0 Å². The first-order valence-electron chi connectivity index (χ1n) is 12.5. The first kappa shape index (κ1) is 26.0. The molecule has 0 saturated heterocycles. The number of carbonyl (C=O) groups is 1. The lowest BCUT2D eigenvalue weighted by Crippen LogP contribution is -2.08. The molecule has 0 aromatic heterocycles. The standard InChI is InChI=1S/C33H30F2O2/c1-3-4-6-9-24-12-18-29(19-13-24)37-33(36)27-16-14-26(15-17-27)28-21-31(34)30(32(35)22-28)20-23(2)25-10-7-5-8-11-25/h3-5,7-8,10-19,21-23H,6,9,20H2,1-2H3/b4-3+. The maximum atomic E-state index is 14.9. The fourth-order valence-electron chi connectivity index (χ4n) is 4.28. The highest BCUT2D eigenvalue weighted by molar-refractivity contribution is 5.91. The smallest absolute Gasteiger partial charge is 0.343 e. The second-order valence-electron chi connectivity index (χ2n) is 9.15. The number of ether oxygens (including phenoxy) is 1. The minimum atomic E-state index is -0.574. The van der Waals surface area contributed by atoms with Crippen molar-refractivity contribution in [1.29, 1.82) is 0 Å². The van der Waals surface area contributed by atoms with E-state index in [4.69, 9.17) is 4.74 Å². The number of hydrogen-bond acceptors (Lipinski definition) is 2. The third kappa shape index (κ3) is 6.79. The van der Waals surface area contributed by atoms with Gasteiger partial charge < -0.3 is 4.74 Å². The van der Waals surface area contributed by atoms with E-state index in [1.165, 1.54) is 17.7 Å². The molecule has 0 heterocycles. The highest BCUT2D eigenvalue weighted by Gasteiger charge is 2.17.